The molecule has 1 heterocycles. The van der Waals surface area contributed by atoms with Gasteiger partial charge in [-0.05, 0) is 19.4 Å². The molecule has 0 amide bonds. The molecule has 1 aromatic rings. The van der Waals surface area contributed by atoms with Crippen LogP contribution in [-0.2, 0) is 10.3 Å². The maximum atomic E-state index is 13.7. The van der Waals surface area contributed by atoms with Crippen molar-refractivity contribution in [3.63, 3.8) is 0 Å². The Bertz CT molecular complexity index is 416. The van der Waals surface area contributed by atoms with Crippen molar-refractivity contribution >= 4 is 5.90 Å². The summed E-state index contributed by atoms with van der Waals surface area (Å²) in [7, 11) is 0. The summed E-state index contributed by atoms with van der Waals surface area (Å²) < 4.78 is 19.2. The maximum absolute atomic E-state index is 13.7. The van der Waals surface area contributed by atoms with E-state index < -0.39 is 5.54 Å². The smallest absolute Gasteiger partial charge is 0.184 e. The molecule has 0 radical (unpaired) electrons. The minimum atomic E-state index is -0.560. The highest BCUT2D eigenvalue weighted by Crippen LogP contribution is 2.32. The summed E-state index contributed by atoms with van der Waals surface area (Å²) in [6.45, 7) is 4.42. The predicted molar refractivity (Wildman–Crippen MR) is 62.0 cm³/mol. The first-order valence-electron chi connectivity index (χ1n) is 5.62. The number of rotatable bonds is 3. The van der Waals surface area contributed by atoms with E-state index in [9.17, 15) is 4.39 Å². The van der Waals surface area contributed by atoms with Crippen LogP contribution in [0, 0.1) is 5.82 Å². The molecule has 2 nitrogen and oxygen atoms in total. The number of hydrogen-bond donors (Lipinski definition) is 0. The van der Waals surface area contributed by atoms with Gasteiger partial charge in [0.2, 0.25) is 0 Å². The van der Waals surface area contributed by atoms with Gasteiger partial charge in [-0.25, -0.2) is 9.38 Å². The molecule has 0 saturated carbocycles. The molecule has 1 unspecified atom stereocenters. The molecule has 1 aromatic carbocycles. The second-order valence-corrected chi connectivity index (χ2v) is 4.30. The lowest BCUT2D eigenvalue weighted by Gasteiger charge is -2.19. The van der Waals surface area contributed by atoms with Crippen LogP contribution in [-0.4, -0.2) is 12.5 Å². The van der Waals surface area contributed by atoms with Gasteiger partial charge in [-0.3, -0.25) is 0 Å². The highest BCUT2D eigenvalue weighted by atomic mass is 19.1. The van der Waals surface area contributed by atoms with Gasteiger partial charge < -0.3 is 4.74 Å². The Morgan fingerprint density at radius 3 is 2.88 bits per heavy atom. The molecule has 16 heavy (non-hydrogen) atoms. The lowest BCUT2D eigenvalue weighted by atomic mass is 9.94. The standard InChI is InChI=1S/C13H16FNO/c1-3-6-12-15-13(2,9-16-12)10-7-4-5-8-11(10)14/h4-5,7-8H,3,6,9H2,1-2H3. The molecule has 1 aliphatic heterocycles. The third kappa shape index (κ3) is 1.94. The fourth-order valence-electron chi connectivity index (χ4n) is 1.94. The molecule has 2 rings (SSSR count). The average Bonchev–Trinajstić information content (AvgIpc) is 2.62. The van der Waals surface area contributed by atoms with Crippen LogP contribution in [0.4, 0.5) is 4.39 Å². The molecule has 0 aromatic heterocycles. The Hall–Kier alpha value is -1.38. The van der Waals surface area contributed by atoms with E-state index in [1.807, 2.05) is 13.0 Å². The van der Waals surface area contributed by atoms with Crippen LogP contribution in [0.15, 0.2) is 29.3 Å². The number of hydrogen-bond acceptors (Lipinski definition) is 2. The van der Waals surface area contributed by atoms with E-state index >= 15 is 0 Å². The van der Waals surface area contributed by atoms with E-state index in [0.29, 0.717) is 12.2 Å². The quantitative estimate of drug-likeness (QED) is 0.767. The van der Waals surface area contributed by atoms with Crippen LogP contribution in [0.5, 0.6) is 0 Å². The first kappa shape index (κ1) is 11.1. The van der Waals surface area contributed by atoms with Gasteiger partial charge in [0.15, 0.2) is 5.90 Å². The summed E-state index contributed by atoms with van der Waals surface area (Å²) in [4.78, 5) is 4.50. The number of nitrogens with zero attached hydrogens (tertiary/aromatic N) is 1. The van der Waals surface area contributed by atoms with E-state index in [1.165, 1.54) is 6.07 Å². The molecule has 0 fully saturated rings. The fourth-order valence-corrected chi connectivity index (χ4v) is 1.94. The zero-order chi connectivity index (χ0) is 11.6. The highest BCUT2D eigenvalue weighted by Gasteiger charge is 2.35. The molecule has 0 saturated heterocycles. The van der Waals surface area contributed by atoms with Crippen molar-refractivity contribution < 1.29 is 9.13 Å². The zero-order valence-corrected chi connectivity index (χ0v) is 9.66. The second-order valence-electron chi connectivity index (χ2n) is 4.30. The zero-order valence-electron chi connectivity index (χ0n) is 9.66. The third-order valence-corrected chi connectivity index (χ3v) is 2.81. The molecule has 0 aliphatic carbocycles. The van der Waals surface area contributed by atoms with E-state index in [2.05, 4.69) is 11.9 Å². The predicted octanol–water partition coefficient (Wildman–Crippen LogP) is 3.27. The molecular formula is C13H16FNO. The Morgan fingerprint density at radius 2 is 2.19 bits per heavy atom. The Labute approximate surface area is 95.2 Å². The molecule has 0 spiro atoms. The van der Waals surface area contributed by atoms with Crippen LogP contribution < -0.4 is 0 Å². The lowest BCUT2D eigenvalue weighted by Crippen LogP contribution is -2.22. The molecule has 0 N–H and O–H groups in total. The van der Waals surface area contributed by atoms with Crippen LogP contribution in [0.25, 0.3) is 0 Å². The monoisotopic (exact) mass is 221 g/mol. The first-order valence-corrected chi connectivity index (χ1v) is 5.62. The minimum Gasteiger partial charge on any atom is -0.478 e. The summed E-state index contributed by atoms with van der Waals surface area (Å²) in [5.41, 5.74) is 0.0525. The molecule has 1 atom stereocenters. The molecule has 0 bridgehead atoms. The number of ether oxygens (including phenoxy) is 1. The van der Waals surface area contributed by atoms with Crippen LogP contribution in [0.3, 0.4) is 0 Å². The van der Waals surface area contributed by atoms with Gasteiger partial charge in [0, 0.05) is 12.0 Å². The van der Waals surface area contributed by atoms with Crippen molar-refractivity contribution in [3.05, 3.63) is 35.6 Å². The molecule has 3 heteroatoms. The minimum absolute atomic E-state index is 0.213. The topological polar surface area (TPSA) is 21.6 Å². The number of aliphatic imine (C=N–C) groups is 1. The summed E-state index contributed by atoms with van der Waals surface area (Å²) in [5.74, 6) is 0.531. The highest BCUT2D eigenvalue weighted by molar-refractivity contribution is 5.78. The van der Waals surface area contributed by atoms with E-state index in [1.54, 1.807) is 12.1 Å². The van der Waals surface area contributed by atoms with Gasteiger partial charge in [-0.1, -0.05) is 25.1 Å². The summed E-state index contributed by atoms with van der Waals surface area (Å²) in [5, 5.41) is 0. The van der Waals surface area contributed by atoms with Crippen molar-refractivity contribution in [1.29, 1.82) is 0 Å². The maximum Gasteiger partial charge on any atom is 0.184 e. The fraction of sp³-hybridized carbons (Fsp3) is 0.462. The van der Waals surface area contributed by atoms with Crippen molar-refractivity contribution in [1.82, 2.24) is 0 Å². The third-order valence-electron chi connectivity index (χ3n) is 2.81. The second kappa shape index (κ2) is 4.24. The van der Waals surface area contributed by atoms with Gasteiger partial charge in [-0.15, -0.1) is 0 Å². The van der Waals surface area contributed by atoms with E-state index in [0.717, 1.165) is 18.7 Å². The van der Waals surface area contributed by atoms with Gasteiger partial charge >= 0.3 is 0 Å². The summed E-state index contributed by atoms with van der Waals surface area (Å²) >= 11 is 0. The van der Waals surface area contributed by atoms with Crippen LogP contribution in [0.1, 0.15) is 32.3 Å². The van der Waals surface area contributed by atoms with Crippen molar-refractivity contribution in [2.24, 2.45) is 4.99 Å². The normalized spacial score (nSPS) is 24.1. The Morgan fingerprint density at radius 1 is 1.44 bits per heavy atom. The van der Waals surface area contributed by atoms with Crippen molar-refractivity contribution in [3.8, 4) is 0 Å². The molecule has 86 valence electrons. The Kier molecular flexibility index (Phi) is 2.95. The van der Waals surface area contributed by atoms with Crippen molar-refractivity contribution in [2.75, 3.05) is 6.61 Å². The number of benzene rings is 1. The Balaban J connectivity index is 2.31. The van der Waals surface area contributed by atoms with Crippen LogP contribution in [0.2, 0.25) is 0 Å². The van der Waals surface area contributed by atoms with Gasteiger partial charge in [0.1, 0.15) is 18.0 Å². The molecular weight excluding hydrogens is 205 g/mol. The van der Waals surface area contributed by atoms with Crippen molar-refractivity contribution in [2.45, 2.75) is 32.2 Å². The average molecular weight is 221 g/mol. The van der Waals surface area contributed by atoms with Crippen LogP contribution >= 0.6 is 0 Å². The van der Waals surface area contributed by atoms with Gasteiger partial charge in [-0.2, -0.15) is 0 Å². The first-order chi connectivity index (χ1) is 7.65. The largest absolute Gasteiger partial charge is 0.478 e. The summed E-state index contributed by atoms with van der Waals surface area (Å²) in [6, 6.07) is 6.76. The lowest BCUT2D eigenvalue weighted by molar-refractivity contribution is 0.260. The van der Waals surface area contributed by atoms with Gasteiger partial charge in [0.05, 0.1) is 0 Å². The van der Waals surface area contributed by atoms with E-state index in [-0.39, 0.29) is 5.82 Å². The number of halogens is 1. The summed E-state index contributed by atoms with van der Waals surface area (Å²) in [6.07, 6.45) is 1.82. The molecule has 1 aliphatic rings. The van der Waals surface area contributed by atoms with E-state index in [4.69, 9.17) is 4.74 Å². The van der Waals surface area contributed by atoms with Gasteiger partial charge in [0.25, 0.3) is 0 Å². The SMILES string of the molecule is CCCC1=NC(C)(c2ccccc2F)CO1.